The lowest BCUT2D eigenvalue weighted by atomic mass is 10.2. The molecule has 1 N–H and O–H groups in total. The Morgan fingerprint density at radius 1 is 1.12 bits per heavy atom. The average molecular weight is 290 g/mol. The molecule has 0 heterocycles. The minimum atomic E-state index is 0.198. The lowest BCUT2D eigenvalue weighted by Crippen LogP contribution is -1.80. The summed E-state index contributed by atoms with van der Waals surface area (Å²) in [4.78, 5) is 4.28. The number of phenolic OH excluding ortho intramolecular Hbond substituents is 1. The van der Waals surface area contributed by atoms with Gasteiger partial charge in [-0.05, 0) is 42.3 Å². The van der Waals surface area contributed by atoms with Crippen LogP contribution in [0.5, 0.6) is 5.75 Å². The molecule has 17 heavy (non-hydrogen) atoms. The van der Waals surface area contributed by atoms with Gasteiger partial charge in [0.2, 0.25) is 0 Å². The van der Waals surface area contributed by atoms with E-state index in [1.165, 1.54) is 0 Å². The van der Waals surface area contributed by atoms with E-state index in [4.69, 9.17) is 0 Å². The molecule has 0 unspecified atom stereocenters. The summed E-state index contributed by atoms with van der Waals surface area (Å²) < 4.78 is 1.04. The Labute approximate surface area is 109 Å². The Balaban J connectivity index is 2.25. The number of aryl methyl sites for hydroxylation is 1. The zero-order valence-corrected chi connectivity index (χ0v) is 11.0. The first-order chi connectivity index (χ1) is 8.15. The first-order valence-electron chi connectivity index (χ1n) is 5.24. The van der Waals surface area contributed by atoms with Crippen LogP contribution in [0.15, 0.2) is 51.9 Å². The van der Waals surface area contributed by atoms with Gasteiger partial charge in [-0.2, -0.15) is 0 Å². The number of aliphatic imine (C=N–C) groups is 1. The van der Waals surface area contributed by atoms with Gasteiger partial charge in [-0.1, -0.05) is 34.1 Å². The van der Waals surface area contributed by atoms with Crippen LogP contribution in [0.25, 0.3) is 0 Å². The first kappa shape index (κ1) is 11.9. The van der Waals surface area contributed by atoms with E-state index in [1.54, 1.807) is 12.3 Å². The van der Waals surface area contributed by atoms with Crippen LogP contribution in [-0.4, -0.2) is 11.3 Å². The van der Waals surface area contributed by atoms with Crippen molar-refractivity contribution in [1.82, 2.24) is 0 Å². The highest BCUT2D eigenvalue weighted by molar-refractivity contribution is 9.10. The van der Waals surface area contributed by atoms with E-state index in [2.05, 4.69) is 20.9 Å². The zero-order chi connectivity index (χ0) is 12.3. The second-order valence-corrected chi connectivity index (χ2v) is 4.72. The SMILES string of the molecule is Cc1ccc(O)c(/N=C/c2ccc(Br)cc2)c1. The molecule has 0 aliphatic rings. The molecule has 0 aliphatic heterocycles. The molecule has 86 valence electrons. The molecule has 0 fully saturated rings. The summed E-state index contributed by atoms with van der Waals surface area (Å²) in [7, 11) is 0. The maximum atomic E-state index is 9.64. The quantitative estimate of drug-likeness (QED) is 0.825. The summed E-state index contributed by atoms with van der Waals surface area (Å²) in [6.45, 7) is 1.97. The fourth-order valence-corrected chi connectivity index (χ4v) is 1.69. The highest BCUT2D eigenvalue weighted by atomic mass is 79.9. The van der Waals surface area contributed by atoms with Gasteiger partial charge in [-0.15, -0.1) is 0 Å². The zero-order valence-electron chi connectivity index (χ0n) is 9.39. The molecule has 0 spiro atoms. The largest absolute Gasteiger partial charge is 0.506 e. The van der Waals surface area contributed by atoms with E-state index in [0.29, 0.717) is 5.69 Å². The van der Waals surface area contributed by atoms with Crippen LogP contribution in [0.4, 0.5) is 5.69 Å². The summed E-state index contributed by atoms with van der Waals surface area (Å²) in [5, 5.41) is 9.64. The van der Waals surface area contributed by atoms with Crippen molar-refractivity contribution in [2.45, 2.75) is 6.92 Å². The highest BCUT2D eigenvalue weighted by Gasteiger charge is 1.98. The van der Waals surface area contributed by atoms with Gasteiger partial charge < -0.3 is 5.11 Å². The lowest BCUT2D eigenvalue weighted by Gasteiger charge is -2.00. The molecule has 0 aromatic heterocycles. The summed E-state index contributed by atoms with van der Waals surface area (Å²) >= 11 is 3.38. The van der Waals surface area contributed by atoms with Crippen LogP contribution >= 0.6 is 15.9 Å². The van der Waals surface area contributed by atoms with Crippen LogP contribution in [0.1, 0.15) is 11.1 Å². The van der Waals surface area contributed by atoms with Gasteiger partial charge in [0.25, 0.3) is 0 Å². The minimum absolute atomic E-state index is 0.198. The molecular formula is C14H12BrNO. The maximum Gasteiger partial charge on any atom is 0.141 e. The fraction of sp³-hybridized carbons (Fsp3) is 0.0714. The molecule has 2 aromatic rings. The third-order valence-corrected chi connectivity index (χ3v) is 2.88. The molecule has 0 amide bonds. The first-order valence-corrected chi connectivity index (χ1v) is 6.04. The molecule has 0 atom stereocenters. The average Bonchev–Trinajstić information content (AvgIpc) is 2.32. The van der Waals surface area contributed by atoms with E-state index in [0.717, 1.165) is 15.6 Å². The van der Waals surface area contributed by atoms with Gasteiger partial charge in [0.1, 0.15) is 11.4 Å². The number of halogens is 1. The van der Waals surface area contributed by atoms with Gasteiger partial charge >= 0.3 is 0 Å². The van der Waals surface area contributed by atoms with Crippen molar-refractivity contribution in [2.75, 3.05) is 0 Å². The van der Waals surface area contributed by atoms with E-state index in [1.807, 2.05) is 43.3 Å². The van der Waals surface area contributed by atoms with Gasteiger partial charge in [-0.25, -0.2) is 0 Å². The predicted octanol–water partition coefficient (Wildman–Crippen LogP) is 4.21. The molecule has 0 saturated heterocycles. The summed E-state index contributed by atoms with van der Waals surface area (Å²) in [6.07, 6.45) is 1.74. The van der Waals surface area contributed by atoms with Crippen molar-refractivity contribution in [3.8, 4) is 5.75 Å². The number of hydrogen-bond acceptors (Lipinski definition) is 2. The van der Waals surface area contributed by atoms with Crippen LogP contribution in [0.2, 0.25) is 0 Å². The topological polar surface area (TPSA) is 32.6 Å². The molecule has 2 aromatic carbocycles. The predicted molar refractivity (Wildman–Crippen MR) is 74.2 cm³/mol. The molecule has 3 heteroatoms. The van der Waals surface area contributed by atoms with Crippen molar-refractivity contribution in [1.29, 1.82) is 0 Å². The van der Waals surface area contributed by atoms with Crippen molar-refractivity contribution in [2.24, 2.45) is 4.99 Å². The van der Waals surface area contributed by atoms with E-state index < -0.39 is 0 Å². The lowest BCUT2D eigenvalue weighted by molar-refractivity contribution is 0.477. The third-order valence-electron chi connectivity index (χ3n) is 2.35. The second-order valence-electron chi connectivity index (χ2n) is 3.80. The van der Waals surface area contributed by atoms with Crippen LogP contribution < -0.4 is 0 Å². The van der Waals surface area contributed by atoms with Crippen molar-refractivity contribution >= 4 is 27.8 Å². The Hall–Kier alpha value is -1.61. The second kappa shape index (κ2) is 5.15. The molecule has 0 bridgehead atoms. The Kier molecular flexibility index (Phi) is 3.59. The summed E-state index contributed by atoms with van der Waals surface area (Å²) in [5.41, 5.74) is 2.66. The number of rotatable bonds is 2. The van der Waals surface area contributed by atoms with Gasteiger partial charge in [-0.3, -0.25) is 4.99 Å². The molecule has 0 saturated carbocycles. The van der Waals surface area contributed by atoms with Crippen molar-refractivity contribution in [3.63, 3.8) is 0 Å². The van der Waals surface area contributed by atoms with Gasteiger partial charge in [0.15, 0.2) is 0 Å². The van der Waals surface area contributed by atoms with Gasteiger partial charge in [0.05, 0.1) is 0 Å². The van der Waals surface area contributed by atoms with E-state index in [-0.39, 0.29) is 5.75 Å². The molecular weight excluding hydrogens is 278 g/mol. The smallest absolute Gasteiger partial charge is 0.141 e. The highest BCUT2D eigenvalue weighted by Crippen LogP contribution is 2.26. The third kappa shape index (κ3) is 3.17. The van der Waals surface area contributed by atoms with Crippen LogP contribution in [0, 0.1) is 6.92 Å². The Morgan fingerprint density at radius 2 is 1.82 bits per heavy atom. The maximum absolute atomic E-state index is 9.64. The van der Waals surface area contributed by atoms with Crippen molar-refractivity contribution in [3.05, 3.63) is 58.1 Å². The monoisotopic (exact) mass is 289 g/mol. The number of hydrogen-bond donors (Lipinski definition) is 1. The summed E-state index contributed by atoms with van der Waals surface area (Å²) in [6, 6.07) is 13.2. The molecule has 2 rings (SSSR count). The Bertz CT molecular complexity index is 547. The van der Waals surface area contributed by atoms with E-state index >= 15 is 0 Å². The van der Waals surface area contributed by atoms with E-state index in [9.17, 15) is 5.11 Å². The van der Waals surface area contributed by atoms with Gasteiger partial charge in [0, 0.05) is 10.7 Å². The summed E-state index contributed by atoms with van der Waals surface area (Å²) in [5.74, 6) is 0.198. The standard InChI is InChI=1S/C14H12BrNO/c1-10-2-7-14(17)13(8-10)16-9-11-3-5-12(15)6-4-11/h2-9,17H,1H3/b16-9+. The normalized spacial score (nSPS) is 10.9. The van der Waals surface area contributed by atoms with Crippen molar-refractivity contribution < 1.29 is 5.11 Å². The molecule has 0 radical (unpaired) electrons. The van der Waals surface area contributed by atoms with Crippen LogP contribution in [0.3, 0.4) is 0 Å². The number of nitrogens with zero attached hydrogens (tertiary/aromatic N) is 1. The molecule has 0 aliphatic carbocycles. The van der Waals surface area contributed by atoms with Crippen LogP contribution in [-0.2, 0) is 0 Å². The minimum Gasteiger partial charge on any atom is -0.506 e. The number of phenols is 1. The number of benzene rings is 2. The molecule has 2 nitrogen and oxygen atoms in total. The fourth-order valence-electron chi connectivity index (χ4n) is 1.43. The number of aromatic hydroxyl groups is 1. The Morgan fingerprint density at radius 3 is 2.53 bits per heavy atom.